The lowest BCUT2D eigenvalue weighted by molar-refractivity contribution is -0.142. The highest BCUT2D eigenvalue weighted by Gasteiger charge is 2.35. The van der Waals surface area contributed by atoms with Gasteiger partial charge in [0, 0.05) is 12.2 Å². The molecule has 0 aliphatic heterocycles. The van der Waals surface area contributed by atoms with Crippen molar-refractivity contribution in [3.05, 3.63) is 33.8 Å². The molecular formula is C14H17BrF3N5O. The summed E-state index contributed by atoms with van der Waals surface area (Å²) < 4.78 is 41.7. The quantitative estimate of drug-likeness (QED) is 0.827. The number of nitrogens with one attached hydrogen (secondary N) is 1. The molecule has 0 aliphatic carbocycles. The molecule has 0 radical (unpaired) electrons. The fourth-order valence-electron chi connectivity index (χ4n) is 2.28. The zero-order valence-electron chi connectivity index (χ0n) is 13.4. The average Bonchev–Trinajstić information content (AvgIpc) is 3.06. The molecule has 132 valence electrons. The summed E-state index contributed by atoms with van der Waals surface area (Å²) in [5, 5.41) is 10.3. The van der Waals surface area contributed by atoms with E-state index in [4.69, 9.17) is 0 Å². The van der Waals surface area contributed by atoms with Gasteiger partial charge in [0.25, 0.3) is 0 Å². The predicted octanol–water partition coefficient (Wildman–Crippen LogP) is 3.07. The molecule has 0 saturated carbocycles. The number of carbonyl (C=O) groups excluding carboxylic acids is 1. The molecule has 6 nitrogen and oxygen atoms in total. The van der Waals surface area contributed by atoms with E-state index in [2.05, 4.69) is 31.4 Å². The predicted molar refractivity (Wildman–Crippen MR) is 84.1 cm³/mol. The standard InChI is InChI=1S/C14H17BrF3N5O/c1-4-22-11(10(15)6-20-22)7-19-13(24)9(3)23-8(2)5-12(21-23)14(16,17)18/h5-6,9H,4,7H2,1-3H3,(H,19,24). The zero-order chi connectivity index (χ0) is 18.1. The summed E-state index contributed by atoms with van der Waals surface area (Å²) in [5.74, 6) is -0.425. The third-order valence-corrected chi connectivity index (χ3v) is 4.25. The molecule has 0 aromatic carbocycles. The minimum atomic E-state index is -4.54. The van der Waals surface area contributed by atoms with E-state index in [-0.39, 0.29) is 12.2 Å². The van der Waals surface area contributed by atoms with Crippen molar-refractivity contribution in [2.45, 2.75) is 46.1 Å². The molecule has 2 rings (SSSR count). The number of hydrogen-bond donors (Lipinski definition) is 1. The van der Waals surface area contributed by atoms with Gasteiger partial charge in [0.1, 0.15) is 6.04 Å². The molecule has 2 aromatic rings. The summed E-state index contributed by atoms with van der Waals surface area (Å²) in [6.45, 7) is 5.75. The Bertz CT molecular complexity index is 737. The van der Waals surface area contributed by atoms with Gasteiger partial charge in [0.2, 0.25) is 5.91 Å². The second-order valence-electron chi connectivity index (χ2n) is 5.26. The van der Waals surface area contributed by atoms with Crippen LogP contribution in [-0.2, 0) is 24.1 Å². The van der Waals surface area contributed by atoms with Crippen LogP contribution in [0.15, 0.2) is 16.7 Å². The van der Waals surface area contributed by atoms with E-state index in [1.165, 1.54) is 13.8 Å². The lowest BCUT2D eigenvalue weighted by Crippen LogP contribution is -2.32. The maximum absolute atomic E-state index is 12.7. The van der Waals surface area contributed by atoms with Crippen LogP contribution in [0.5, 0.6) is 0 Å². The van der Waals surface area contributed by atoms with Crippen molar-refractivity contribution in [1.29, 1.82) is 0 Å². The highest BCUT2D eigenvalue weighted by atomic mass is 79.9. The van der Waals surface area contributed by atoms with Crippen LogP contribution in [0.2, 0.25) is 0 Å². The maximum Gasteiger partial charge on any atom is 0.435 e. The van der Waals surface area contributed by atoms with Crippen molar-refractivity contribution in [1.82, 2.24) is 24.9 Å². The molecule has 0 spiro atoms. The van der Waals surface area contributed by atoms with Crippen molar-refractivity contribution >= 4 is 21.8 Å². The van der Waals surface area contributed by atoms with E-state index in [0.29, 0.717) is 6.54 Å². The Morgan fingerprint density at radius 3 is 2.67 bits per heavy atom. The molecule has 10 heteroatoms. The number of aryl methyl sites for hydroxylation is 2. The molecule has 0 saturated heterocycles. The summed E-state index contributed by atoms with van der Waals surface area (Å²) in [4.78, 5) is 12.3. The number of halogens is 4. The van der Waals surface area contributed by atoms with E-state index in [1.54, 1.807) is 10.9 Å². The summed E-state index contributed by atoms with van der Waals surface area (Å²) in [6.07, 6.45) is -2.91. The van der Waals surface area contributed by atoms with Crippen LogP contribution in [0, 0.1) is 6.92 Å². The Balaban J connectivity index is 2.10. The van der Waals surface area contributed by atoms with Crippen LogP contribution in [0.4, 0.5) is 13.2 Å². The summed E-state index contributed by atoms with van der Waals surface area (Å²) >= 11 is 3.35. The van der Waals surface area contributed by atoms with Gasteiger partial charge in [0.05, 0.1) is 22.9 Å². The van der Waals surface area contributed by atoms with E-state index >= 15 is 0 Å². The molecule has 0 bridgehead atoms. The topological polar surface area (TPSA) is 64.7 Å². The lowest BCUT2D eigenvalue weighted by atomic mass is 10.3. The second-order valence-corrected chi connectivity index (χ2v) is 6.12. The minimum absolute atomic E-state index is 0.212. The fraction of sp³-hybridized carbons (Fsp3) is 0.500. The Labute approximate surface area is 145 Å². The van der Waals surface area contributed by atoms with Crippen LogP contribution < -0.4 is 5.32 Å². The number of hydrogen-bond acceptors (Lipinski definition) is 3. The molecule has 24 heavy (non-hydrogen) atoms. The summed E-state index contributed by atoms with van der Waals surface area (Å²) in [6, 6.07) is 0.0601. The Kier molecular flexibility index (Phi) is 5.36. The molecule has 0 aliphatic rings. The van der Waals surface area contributed by atoms with Gasteiger partial charge in [-0.1, -0.05) is 0 Å². The molecule has 1 amide bonds. The lowest BCUT2D eigenvalue weighted by Gasteiger charge is -2.15. The normalized spacial score (nSPS) is 13.1. The van der Waals surface area contributed by atoms with Gasteiger partial charge in [-0.2, -0.15) is 23.4 Å². The van der Waals surface area contributed by atoms with Crippen LogP contribution in [0.1, 0.15) is 37.0 Å². The fourth-order valence-corrected chi connectivity index (χ4v) is 2.72. The Hall–Kier alpha value is -1.84. The first kappa shape index (κ1) is 18.5. The molecule has 1 N–H and O–H groups in total. The van der Waals surface area contributed by atoms with Gasteiger partial charge in [-0.3, -0.25) is 14.2 Å². The summed E-state index contributed by atoms with van der Waals surface area (Å²) in [7, 11) is 0. The molecule has 1 unspecified atom stereocenters. The first-order chi connectivity index (χ1) is 11.1. The Morgan fingerprint density at radius 1 is 1.46 bits per heavy atom. The highest BCUT2D eigenvalue weighted by Crippen LogP contribution is 2.29. The molecule has 2 heterocycles. The highest BCUT2D eigenvalue weighted by molar-refractivity contribution is 9.10. The molecule has 1 atom stereocenters. The van der Waals surface area contributed by atoms with Gasteiger partial charge in [0.15, 0.2) is 5.69 Å². The SMILES string of the molecule is CCn1ncc(Br)c1CNC(=O)C(C)n1nc(C(F)(F)F)cc1C. The van der Waals surface area contributed by atoms with Crippen molar-refractivity contribution in [3.63, 3.8) is 0 Å². The van der Waals surface area contributed by atoms with Crippen LogP contribution >= 0.6 is 15.9 Å². The van der Waals surface area contributed by atoms with E-state index in [9.17, 15) is 18.0 Å². The van der Waals surface area contributed by atoms with Crippen molar-refractivity contribution < 1.29 is 18.0 Å². The van der Waals surface area contributed by atoms with Crippen LogP contribution in [0.3, 0.4) is 0 Å². The van der Waals surface area contributed by atoms with E-state index in [0.717, 1.165) is 20.9 Å². The number of aromatic nitrogens is 4. The third kappa shape index (κ3) is 3.80. The maximum atomic E-state index is 12.7. The number of nitrogens with zero attached hydrogens (tertiary/aromatic N) is 4. The van der Waals surface area contributed by atoms with Crippen molar-refractivity contribution in [3.8, 4) is 0 Å². The molecule has 2 aromatic heterocycles. The summed E-state index contributed by atoms with van der Waals surface area (Å²) in [5.41, 5.74) is 0.0439. The Morgan fingerprint density at radius 2 is 2.12 bits per heavy atom. The van der Waals surface area contributed by atoms with Gasteiger partial charge in [-0.25, -0.2) is 0 Å². The van der Waals surface area contributed by atoms with Gasteiger partial charge < -0.3 is 5.32 Å². The number of alkyl halides is 3. The van der Waals surface area contributed by atoms with Gasteiger partial charge in [-0.05, 0) is 42.8 Å². The molecule has 0 fully saturated rings. The minimum Gasteiger partial charge on any atom is -0.349 e. The second kappa shape index (κ2) is 6.96. The van der Waals surface area contributed by atoms with Gasteiger partial charge in [-0.15, -0.1) is 0 Å². The van der Waals surface area contributed by atoms with Crippen molar-refractivity contribution in [2.24, 2.45) is 0 Å². The number of amides is 1. The monoisotopic (exact) mass is 407 g/mol. The van der Waals surface area contributed by atoms with Crippen molar-refractivity contribution in [2.75, 3.05) is 0 Å². The van der Waals surface area contributed by atoms with Crippen LogP contribution in [0.25, 0.3) is 0 Å². The van der Waals surface area contributed by atoms with Gasteiger partial charge >= 0.3 is 6.18 Å². The average molecular weight is 408 g/mol. The first-order valence-corrected chi connectivity index (χ1v) is 8.05. The number of carbonyl (C=O) groups is 1. The zero-order valence-corrected chi connectivity index (χ0v) is 14.9. The largest absolute Gasteiger partial charge is 0.435 e. The van der Waals surface area contributed by atoms with E-state index < -0.39 is 23.8 Å². The van der Waals surface area contributed by atoms with E-state index in [1.807, 2.05) is 6.92 Å². The first-order valence-electron chi connectivity index (χ1n) is 7.26. The molecular weight excluding hydrogens is 391 g/mol. The third-order valence-electron chi connectivity index (χ3n) is 3.59. The smallest absolute Gasteiger partial charge is 0.349 e. The van der Waals surface area contributed by atoms with Crippen LogP contribution in [-0.4, -0.2) is 25.5 Å². The number of rotatable bonds is 5.